The third-order valence-corrected chi connectivity index (χ3v) is 4.26. The lowest BCUT2D eigenvalue weighted by atomic mass is 9.77. The first-order chi connectivity index (χ1) is 8.82. The zero-order chi connectivity index (χ0) is 14.3. The number of carbonyl (C=O) groups is 1. The normalized spacial score (nSPS) is 34.5. The Hall–Kier alpha value is -1.13. The molecule has 4 nitrogen and oxygen atoms in total. The van der Waals surface area contributed by atoms with Gasteiger partial charge in [-0.3, -0.25) is 4.79 Å². The van der Waals surface area contributed by atoms with E-state index < -0.39 is 11.2 Å². The Bertz CT molecular complexity index is 424. The third-order valence-electron chi connectivity index (χ3n) is 4.26. The molecule has 1 aliphatic heterocycles. The van der Waals surface area contributed by atoms with E-state index in [0.29, 0.717) is 25.0 Å². The van der Waals surface area contributed by atoms with E-state index in [9.17, 15) is 9.90 Å². The maximum Gasteiger partial charge on any atom is 0.162 e. The molecule has 2 rings (SSSR count). The van der Waals surface area contributed by atoms with Crippen LogP contribution in [-0.2, 0) is 14.3 Å². The van der Waals surface area contributed by atoms with E-state index in [1.807, 2.05) is 13.8 Å². The van der Waals surface area contributed by atoms with Crippen molar-refractivity contribution in [1.29, 1.82) is 0 Å². The third kappa shape index (κ3) is 2.47. The highest BCUT2D eigenvalue weighted by molar-refractivity contribution is 5.93. The zero-order valence-corrected chi connectivity index (χ0v) is 11.8. The second kappa shape index (κ2) is 4.76. The van der Waals surface area contributed by atoms with Gasteiger partial charge in [0.25, 0.3) is 0 Å². The van der Waals surface area contributed by atoms with E-state index in [1.165, 1.54) is 6.08 Å². The van der Waals surface area contributed by atoms with Crippen LogP contribution in [0.15, 0.2) is 24.5 Å². The van der Waals surface area contributed by atoms with Crippen LogP contribution in [0.1, 0.15) is 33.1 Å². The SMILES string of the molecule is C=CC[C@H]1C[C@@]2(O)C[C@H](C(C)(C)OC)OC2=CC1=O. The average molecular weight is 266 g/mol. The fourth-order valence-electron chi connectivity index (χ4n) is 2.74. The van der Waals surface area contributed by atoms with Crippen molar-refractivity contribution >= 4 is 5.78 Å². The molecule has 3 atom stereocenters. The van der Waals surface area contributed by atoms with Gasteiger partial charge < -0.3 is 14.6 Å². The summed E-state index contributed by atoms with van der Waals surface area (Å²) in [5, 5.41) is 10.7. The van der Waals surface area contributed by atoms with E-state index in [0.717, 1.165) is 0 Å². The van der Waals surface area contributed by atoms with Crippen molar-refractivity contribution in [1.82, 2.24) is 0 Å². The number of fused-ring (bicyclic) bond motifs is 1. The number of methoxy groups -OCH3 is 1. The highest BCUT2D eigenvalue weighted by Crippen LogP contribution is 2.45. The maximum absolute atomic E-state index is 11.9. The summed E-state index contributed by atoms with van der Waals surface area (Å²) in [6, 6.07) is 0. The number of ketones is 1. The number of hydrogen-bond donors (Lipinski definition) is 1. The van der Waals surface area contributed by atoms with Gasteiger partial charge in [0, 0.05) is 25.5 Å². The number of allylic oxidation sites excluding steroid dienone is 2. The highest BCUT2D eigenvalue weighted by atomic mass is 16.6. The van der Waals surface area contributed by atoms with Gasteiger partial charge in [0.2, 0.25) is 0 Å². The number of rotatable bonds is 4. The second-order valence-electron chi connectivity index (χ2n) is 5.99. The number of hydrogen-bond acceptors (Lipinski definition) is 4. The van der Waals surface area contributed by atoms with Crippen LogP contribution in [0.5, 0.6) is 0 Å². The predicted octanol–water partition coefficient (Wildman–Crippen LogP) is 1.98. The molecule has 1 saturated heterocycles. The van der Waals surface area contributed by atoms with Gasteiger partial charge in [-0.2, -0.15) is 0 Å². The van der Waals surface area contributed by atoms with Crippen LogP contribution >= 0.6 is 0 Å². The summed E-state index contributed by atoms with van der Waals surface area (Å²) < 4.78 is 11.2. The first-order valence-corrected chi connectivity index (χ1v) is 6.63. The molecular formula is C15H22O4. The minimum absolute atomic E-state index is 0.00967. The summed E-state index contributed by atoms with van der Waals surface area (Å²) in [6.45, 7) is 7.50. The average Bonchev–Trinajstić information content (AvgIpc) is 2.68. The monoisotopic (exact) mass is 266 g/mol. The summed E-state index contributed by atoms with van der Waals surface area (Å²) in [5.41, 5.74) is -1.53. The van der Waals surface area contributed by atoms with Gasteiger partial charge in [-0.15, -0.1) is 6.58 Å². The van der Waals surface area contributed by atoms with Crippen molar-refractivity contribution in [3.63, 3.8) is 0 Å². The first kappa shape index (κ1) is 14.3. The fourth-order valence-corrected chi connectivity index (χ4v) is 2.74. The quantitative estimate of drug-likeness (QED) is 0.791. The van der Waals surface area contributed by atoms with Crippen LogP contribution in [0, 0.1) is 5.92 Å². The Balaban J connectivity index is 2.23. The summed E-state index contributed by atoms with van der Waals surface area (Å²) in [6.07, 6.45) is 4.37. The summed E-state index contributed by atoms with van der Waals surface area (Å²) in [4.78, 5) is 11.9. The largest absolute Gasteiger partial charge is 0.488 e. The summed E-state index contributed by atoms with van der Waals surface area (Å²) >= 11 is 0. The molecule has 0 unspecified atom stereocenters. The van der Waals surface area contributed by atoms with Crippen molar-refractivity contribution in [3.8, 4) is 0 Å². The number of ether oxygens (including phenoxy) is 2. The molecule has 2 aliphatic rings. The number of aliphatic hydroxyl groups is 1. The smallest absolute Gasteiger partial charge is 0.162 e. The van der Waals surface area contributed by atoms with E-state index in [4.69, 9.17) is 9.47 Å². The van der Waals surface area contributed by atoms with Crippen LogP contribution < -0.4 is 0 Å². The van der Waals surface area contributed by atoms with Gasteiger partial charge >= 0.3 is 0 Å². The van der Waals surface area contributed by atoms with Gasteiger partial charge in [0.05, 0.1) is 5.60 Å². The molecule has 106 valence electrons. The van der Waals surface area contributed by atoms with Crippen molar-refractivity contribution in [3.05, 3.63) is 24.5 Å². The van der Waals surface area contributed by atoms with Crippen LogP contribution in [-0.4, -0.2) is 35.3 Å². The van der Waals surface area contributed by atoms with Gasteiger partial charge in [-0.05, 0) is 26.7 Å². The standard InChI is InChI=1S/C15H22O4/c1-5-6-10-8-15(17)9-13(14(2,3)18-4)19-12(15)7-11(10)16/h5,7,10,13,17H,1,6,8-9H2,2-4H3/t10-,13+,15+/m0/s1. The van der Waals surface area contributed by atoms with Crippen molar-refractivity contribution < 1.29 is 19.4 Å². The fraction of sp³-hybridized carbons (Fsp3) is 0.667. The Labute approximate surface area is 114 Å². The maximum atomic E-state index is 11.9. The Kier molecular flexibility index (Phi) is 3.58. The lowest BCUT2D eigenvalue weighted by molar-refractivity contribution is -0.121. The Morgan fingerprint density at radius 2 is 2.32 bits per heavy atom. The molecule has 0 aromatic rings. The van der Waals surface area contributed by atoms with Gasteiger partial charge in [-0.1, -0.05) is 6.08 Å². The molecule has 0 radical (unpaired) electrons. The van der Waals surface area contributed by atoms with Crippen molar-refractivity contribution in [2.24, 2.45) is 5.92 Å². The lowest BCUT2D eigenvalue weighted by Gasteiger charge is -2.30. The highest BCUT2D eigenvalue weighted by Gasteiger charge is 2.52. The molecule has 1 fully saturated rings. The van der Waals surface area contributed by atoms with Crippen LogP contribution in [0.3, 0.4) is 0 Å². The van der Waals surface area contributed by atoms with Gasteiger partial charge in [0.1, 0.15) is 17.5 Å². The van der Waals surface area contributed by atoms with Crippen LogP contribution in [0.25, 0.3) is 0 Å². The Morgan fingerprint density at radius 3 is 2.89 bits per heavy atom. The molecule has 19 heavy (non-hydrogen) atoms. The number of carbonyl (C=O) groups excluding carboxylic acids is 1. The molecule has 0 aromatic heterocycles. The molecule has 1 N–H and O–H groups in total. The predicted molar refractivity (Wildman–Crippen MR) is 71.5 cm³/mol. The lowest BCUT2D eigenvalue weighted by Crippen LogP contribution is -2.40. The van der Waals surface area contributed by atoms with Gasteiger partial charge in [0.15, 0.2) is 5.78 Å². The van der Waals surface area contributed by atoms with E-state index in [2.05, 4.69) is 6.58 Å². The first-order valence-electron chi connectivity index (χ1n) is 6.63. The second-order valence-corrected chi connectivity index (χ2v) is 5.99. The molecule has 0 aromatic carbocycles. The van der Waals surface area contributed by atoms with Crippen molar-refractivity contribution in [2.45, 2.75) is 50.4 Å². The molecule has 0 bridgehead atoms. The molecule has 1 heterocycles. The van der Waals surface area contributed by atoms with Crippen LogP contribution in [0.4, 0.5) is 0 Å². The topological polar surface area (TPSA) is 55.8 Å². The minimum atomic E-state index is -1.04. The zero-order valence-electron chi connectivity index (χ0n) is 11.8. The Morgan fingerprint density at radius 1 is 1.63 bits per heavy atom. The van der Waals surface area contributed by atoms with Gasteiger partial charge in [-0.25, -0.2) is 0 Å². The molecule has 1 aliphatic carbocycles. The van der Waals surface area contributed by atoms with E-state index in [1.54, 1.807) is 13.2 Å². The molecular weight excluding hydrogens is 244 g/mol. The van der Waals surface area contributed by atoms with Crippen LogP contribution in [0.2, 0.25) is 0 Å². The summed E-state index contributed by atoms with van der Waals surface area (Å²) in [7, 11) is 1.62. The minimum Gasteiger partial charge on any atom is -0.488 e. The molecule has 0 amide bonds. The molecule has 0 spiro atoms. The van der Waals surface area contributed by atoms with E-state index >= 15 is 0 Å². The van der Waals surface area contributed by atoms with Crippen molar-refractivity contribution in [2.75, 3.05) is 7.11 Å². The molecule has 4 heteroatoms. The molecule has 0 saturated carbocycles. The summed E-state index contributed by atoms with van der Waals surface area (Å²) in [5.74, 6) is 0.211. The van der Waals surface area contributed by atoms with E-state index in [-0.39, 0.29) is 17.8 Å².